The number of aromatic nitrogens is 1. The van der Waals surface area contributed by atoms with Crippen LogP contribution in [0.2, 0.25) is 0 Å². The summed E-state index contributed by atoms with van der Waals surface area (Å²) in [5.41, 5.74) is -3.24. The lowest BCUT2D eigenvalue weighted by Gasteiger charge is -2.30. The number of alkyl halides is 3. The van der Waals surface area contributed by atoms with Crippen LogP contribution in [0.3, 0.4) is 0 Å². The Morgan fingerprint density at radius 3 is 2.32 bits per heavy atom. The van der Waals surface area contributed by atoms with Gasteiger partial charge in [0.2, 0.25) is 0 Å². The standard InChI is InChI=1S/C18H15F3N4O3/c1-11(12-5-3-2-4-6-12)25-15(27)17(18(19,20)21,24-16(25)28)23-14(26)13-7-9-22-10-8-13/h2-11H,1H3,(H,23,26)(H,24,28)/t11-,17+/m0/s1. The molecule has 1 fully saturated rings. The molecule has 28 heavy (non-hydrogen) atoms. The van der Waals surface area contributed by atoms with Gasteiger partial charge in [0.05, 0.1) is 6.04 Å². The first kappa shape index (κ1) is 19.3. The zero-order valence-corrected chi connectivity index (χ0v) is 14.5. The van der Waals surface area contributed by atoms with Gasteiger partial charge in [0.15, 0.2) is 0 Å². The molecule has 2 N–H and O–H groups in total. The van der Waals surface area contributed by atoms with E-state index in [0.29, 0.717) is 10.5 Å². The van der Waals surface area contributed by atoms with E-state index in [4.69, 9.17) is 0 Å². The average Bonchev–Trinajstić information content (AvgIpc) is 2.93. The summed E-state index contributed by atoms with van der Waals surface area (Å²) in [4.78, 5) is 41.5. The molecule has 3 rings (SSSR count). The number of halogens is 3. The highest BCUT2D eigenvalue weighted by molar-refractivity contribution is 6.10. The number of pyridine rings is 1. The third kappa shape index (κ3) is 3.17. The van der Waals surface area contributed by atoms with Crippen molar-refractivity contribution < 1.29 is 27.6 Å². The molecule has 1 saturated heterocycles. The molecule has 1 aliphatic rings. The Morgan fingerprint density at radius 2 is 1.75 bits per heavy atom. The number of nitrogens with one attached hydrogen (secondary N) is 2. The molecular weight excluding hydrogens is 377 g/mol. The molecule has 1 aliphatic heterocycles. The van der Waals surface area contributed by atoms with Gasteiger partial charge in [-0.25, -0.2) is 4.79 Å². The molecule has 0 bridgehead atoms. The van der Waals surface area contributed by atoms with Crippen molar-refractivity contribution in [2.75, 3.05) is 0 Å². The maximum absolute atomic E-state index is 13.9. The first-order valence-electron chi connectivity index (χ1n) is 8.17. The Hall–Kier alpha value is -3.43. The fraction of sp³-hybridized carbons (Fsp3) is 0.222. The fourth-order valence-electron chi connectivity index (χ4n) is 2.87. The van der Waals surface area contributed by atoms with Crippen LogP contribution in [0.4, 0.5) is 18.0 Å². The summed E-state index contributed by atoms with van der Waals surface area (Å²) in [6, 6.07) is 8.25. The van der Waals surface area contributed by atoms with Gasteiger partial charge >= 0.3 is 12.2 Å². The second-order valence-electron chi connectivity index (χ2n) is 6.13. The number of benzene rings is 1. The lowest BCUT2D eigenvalue weighted by Crippen LogP contribution is -2.69. The molecule has 1 aromatic heterocycles. The van der Waals surface area contributed by atoms with Gasteiger partial charge in [0, 0.05) is 18.0 Å². The van der Waals surface area contributed by atoms with E-state index in [-0.39, 0.29) is 5.56 Å². The lowest BCUT2D eigenvalue weighted by molar-refractivity contribution is -0.200. The summed E-state index contributed by atoms with van der Waals surface area (Å²) in [6.45, 7) is 1.42. The van der Waals surface area contributed by atoms with Crippen molar-refractivity contribution in [2.45, 2.75) is 24.8 Å². The average molecular weight is 392 g/mol. The Bertz CT molecular complexity index is 905. The highest BCUT2D eigenvalue weighted by Gasteiger charge is 2.69. The Kier molecular flexibility index (Phi) is 4.80. The quantitative estimate of drug-likeness (QED) is 0.782. The number of rotatable bonds is 4. The first-order chi connectivity index (χ1) is 13.2. The summed E-state index contributed by atoms with van der Waals surface area (Å²) < 4.78 is 41.6. The zero-order valence-electron chi connectivity index (χ0n) is 14.5. The molecule has 2 atom stereocenters. The predicted octanol–water partition coefficient (Wildman–Crippen LogP) is 2.38. The monoisotopic (exact) mass is 392 g/mol. The smallest absolute Gasteiger partial charge is 0.314 e. The molecule has 7 nitrogen and oxygen atoms in total. The highest BCUT2D eigenvalue weighted by Crippen LogP contribution is 2.37. The summed E-state index contributed by atoms with van der Waals surface area (Å²) in [5.74, 6) is -2.79. The zero-order chi connectivity index (χ0) is 20.5. The van der Waals surface area contributed by atoms with E-state index in [0.717, 1.165) is 0 Å². The van der Waals surface area contributed by atoms with Crippen LogP contribution >= 0.6 is 0 Å². The van der Waals surface area contributed by atoms with E-state index in [1.807, 2.05) is 0 Å². The number of hydrogen-bond donors (Lipinski definition) is 2. The minimum atomic E-state index is -5.27. The van der Waals surface area contributed by atoms with Crippen LogP contribution in [-0.4, -0.2) is 39.6 Å². The molecule has 4 amide bonds. The fourth-order valence-corrected chi connectivity index (χ4v) is 2.87. The lowest BCUT2D eigenvalue weighted by atomic mass is 10.0. The molecular formula is C18H15F3N4O3. The number of hydrogen-bond acceptors (Lipinski definition) is 4. The van der Waals surface area contributed by atoms with Gasteiger partial charge in [-0.1, -0.05) is 30.3 Å². The van der Waals surface area contributed by atoms with E-state index in [1.165, 1.54) is 31.5 Å². The molecule has 0 spiro atoms. The third-order valence-corrected chi connectivity index (χ3v) is 4.39. The van der Waals surface area contributed by atoms with Crippen molar-refractivity contribution in [3.63, 3.8) is 0 Å². The van der Waals surface area contributed by atoms with Crippen molar-refractivity contribution in [2.24, 2.45) is 0 Å². The second kappa shape index (κ2) is 6.95. The van der Waals surface area contributed by atoms with Crippen LogP contribution < -0.4 is 10.6 Å². The molecule has 2 heterocycles. The van der Waals surface area contributed by atoms with Gasteiger partial charge in [-0.2, -0.15) is 13.2 Å². The van der Waals surface area contributed by atoms with Gasteiger partial charge in [0.25, 0.3) is 17.5 Å². The highest BCUT2D eigenvalue weighted by atomic mass is 19.4. The third-order valence-electron chi connectivity index (χ3n) is 4.39. The molecule has 0 aliphatic carbocycles. The summed E-state index contributed by atoms with van der Waals surface area (Å²) in [7, 11) is 0. The van der Waals surface area contributed by atoms with Crippen molar-refractivity contribution >= 4 is 17.8 Å². The normalized spacial score (nSPS) is 20.6. The first-order valence-corrected chi connectivity index (χ1v) is 8.17. The van der Waals surface area contributed by atoms with Gasteiger partial charge in [-0.3, -0.25) is 24.8 Å². The molecule has 0 unspecified atom stereocenters. The number of carbonyl (C=O) groups is 3. The van der Waals surface area contributed by atoms with Crippen LogP contribution in [0.5, 0.6) is 0 Å². The van der Waals surface area contributed by atoms with Crippen LogP contribution in [0.25, 0.3) is 0 Å². The van der Waals surface area contributed by atoms with E-state index in [2.05, 4.69) is 4.98 Å². The van der Waals surface area contributed by atoms with Crippen molar-refractivity contribution in [1.82, 2.24) is 20.5 Å². The summed E-state index contributed by atoms with van der Waals surface area (Å²) >= 11 is 0. The molecule has 0 saturated carbocycles. The van der Waals surface area contributed by atoms with Crippen molar-refractivity contribution in [3.8, 4) is 0 Å². The molecule has 0 radical (unpaired) electrons. The molecule has 146 valence electrons. The number of nitrogens with zero attached hydrogens (tertiary/aromatic N) is 2. The van der Waals surface area contributed by atoms with Gasteiger partial charge in [0.1, 0.15) is 0 Å². The van der Waals surface area contributed by atoms with Crippen LogP contribution in [0.15, 0.2) is 54.9 Å². The summed E-state index contributed by atoms with van der Waals surface area (Å²) in [5, 5.41) is 3.27. The van der Waals surface area contributed by atoms with Gasteiger partial charge in [-0.05, 0) is 24.6 Å². The largest absolute Gasteiger partial charge is 0.440 e. The molecule has 1 aromatic carbocycles. The minimum absolute atomic E-state index is 0.143. The Balaban J connectivity index is 1.97. The van der Waals surface area contributed by atoms with Gasteiger partial charge in [-0.15, -0.1) is 0 Å². The maximum Gasteiger partial charge on any atom is 0.440 e. The van der Waals surface area contributed by atoms with Crippen LogP contribution in [-0.2, 0) is 4.79 Å². The Labute approximate surface area is 157 Å². The number of urea groups is 1. The topological polar surface area (TPSA) is 91.4 Å². The van der Waals surface area contributed by atoms with Gasteiger partial charge < -0.3 is 5.32 Å². The van der Waals surface area contributed by atoms with E-state index >= 15 is 0 Å². The van der Waals surface area contributed by atoms with E-state index in [9.17, 15) is 27.6 Å². The number of amides is 4. The molecule has 2 aromatic rings. The predicted molar refractivity (Wildman–Crippen MR) is 90.7 cm³/mol. The number of imide groups is 1. The van der Waals surface area contributed by atoms with Crippen LogP contribution in [0.1, 0.15) is 28.9 Å². The number of carbonyl (C=O) groups excluding carboxylic acids is 3. The van der Waals surface area contributed by atoms with E-state index < -0.39 is 35.7 Å². The van der Waals surface area contributed by atoms with Crippen LogP contribution in [0, 0.1) is 0 Å². The Morgan fingerprint density at radius 1 is 1.14 bits per heavy atom. The maximum atomic E-state index is 13.9. The van der Waals surface area contributed by atoms with E-state index in [1.54, 1.807) is 41.0 Å². The SMILES string of the molecule is C[C@@H](c1ccccc1)N1C(=O)N[C@@](NC(=O)c2ccncc2)(C(F)(F)F)C1=O. The van der Waals surface area contributed by atoms with Crippen molar-refractivity contribution in [1.29, 1.82) is 0 Å². The van der Waals surface area contributed by atoms with Crippen molar-refractivity contribution in [3.05, 3.63) is 66.0 Å². The minimum Gasteiger partial charge on any atom is -0.314 e. The molecule has 10 heteroatoms. The summed E-state index contributed by atoms with van der Waals surface area (Å²) in [6.07, 6.45) is -2.84. The second-order valence-corrected chi connectivity index (χ2v) is 6.13.